The first kappa shape index (κ1) is 28.2. The summed E-state index contributed by atoms with van der Waals surface area (Å²) in [7, 11) is 1.56. The normalized spacial score (nSPS) is 20.2. The first-order valence-electron chi connectivity index (χ1n) is 13.6. The average molecular weight is 565 g/mol. The summed E-state index contributed by atoms with van der Waals surface area (Å²) in [6.45, 7) is 0.284. The van der Waals surface area contributed by atoms with Crippen LogP contribution in [0.4, 0.5) is 10.1 Å². The molecule has 0 bridgehead atoms. The third-order valence-corrected chi connectivity index (χ3v) is 8.23. The van der Waals surface area contributed by atoms with Crippen molar-refractivity contribution in [1.29, 1.82) is 0 Å². The fraction of sp³-hybridized carbons (Fsp3) is 0.387. The highest BCUT2D eigenvalue weighted by Crippen LogP contribution is 2.39. The van der Waals surface area contributed by atoms with Crippen LogP contribution in [-0.2, 0) is 20.7 Å². The first-order valence-corrected chi connectivity index (χ1v) is 14.0. The molecular weight excluding hydrogens is 531 g/mol. The number of hydrogen-bond donors (Lipinski definition) is 2. The molecule has 40 heavy (non-hydrogen) atoms. The predicted molar refractivity (Wildman–Crippen MR) is 152 cm³/mol. The van der Waals surface area contributed by atoms with E-state index in [-0.39, 0.29) is 42.6 Å². The van der Waals surface area contributed by atoms with Crippen LogP contribution in [-0.4, -0.2) is 53.5 Å². The van der Waals surface area contributed by atoms with Crippen molar-refractivity contribution in [2.45, 2.75) is 56.2 Å². The number of methoxy groups -OCH3 is 1. The third kappa shape index (κ3) is 6.69. The molecule has 2 amide bonds. The van der Waals surface area contributed by atoms with E-state index in [2.05, 4.69) is 10.3 Å². The molecule has 1 unspecified atom stereocenters. The maximum absolute atomic E-state index is 15.0. The summed E-state index contributed by atoms with van der Waals surface area (Å²) in [4.78, 5) is 32.4. The summed E-state index contributed by atoms with van der Waals surface area (Å²) in [5.74, 6) is -0.760. The highest BCUT2D eigenvalue weighted by molar-refractivity contribution is 6.30. The molecule has 2 aromatic carbocycles. The number of hydrogen-bond acceptors (Lipinski definition) is 5. The maximum Gasteiger partial charge on any atom is 0.247 e. The molecule has 2 heterocycles. The Labute approximate surface area is 238 Å². The van der Waals surface area contributed by atoms with Crippen molar-refractivity contribution >= 4 is 29.1 Å². The monoisotopic (exact) mass is 564 g/mol. The van der Waals surface area contributed by atoms with Gasteiger partial charge in [-0.25, -0.2) is 4.39 Å². The van der Waals surface area contributed by atoms with Gasteiger partial charge in [0.15, 0.2) is 0 Å². The Bertz CT molecular complexity index is 1340. The molecule has 2 fully saturated rings. The fourth-order valence-corrected chi connectivity index (χ4v) is 5.62. The minimum atomic E-state index is -0.785. The van der Waals surface area contributed by atoms with Gasteiger partial charge in [0.2, 0.25) is 11.8 Å². The van der Waals surface area contributed by atoms with Gasteiger partial charge in [-0.3, -0.25) is 14.6 Å². The molecule has 4 atom stereocenters. The van der Waals surface area contributed by atoms with Crippen molar-refractivity contribution in [1.82, 2.24) is 9.88 Å². The Morgan fingerprint density at radius 2 is 1.85 bits per heavy atom. The van der Waals surface area contributed by atoms with Crippen LogP contribution in [0.25, 0.3) is 0 Å². The summed E-state index contributed by atoms with van der Waals surface area (Å²) in [6, 6.07) is 15.0. The van der Waals surface area contributed by atoms with Gasteiger partial charge >= 0.3 is 0 Å². The second-order valence-corrected chi connectivity index (χ2v) is 11.2. The molecular formula is C31H34ClFN4O3. The predicted octanol–water partition coefficient (Wildman–Crippen LogP) is 4.93. The van der Waals surface area contributed by atoms with Crippen LogP contribution < -0.4 is 11.1 Å². The Balaban J connectivity index is 1.35. The number of likely N-dealkylation sites (tertiary alicyclic amines) is 1. The fourth-order valence-electron chi connectivity index (χ4n) is 5.49. The van der Waals surface area contributed by atoms with Crippen LogP contribution >= 0.6 is 11.6 Å². The minimum absolute atomic E-state index is 0.0333. The van der Waals surface area contributed by atoms with E-state index >= 15 is 4.39 Å². The van der Waals surface area contributed by atoms with Gasteiger partial charge in [-0.15, -0.1) is 0 Å². The largest absolute Gasteiger partial charge is 0.380 e. The van der Waals surface area contributed by atoms with Crippen LogP contribution in [0.1, 0.15) is 48.3 Å². The lowest BCUT2D eigenvalue weighted by Crippen LogP contribution is -2.44. The van der Waals surface area contributed by atoms with Gasteiger partial charge in [0.1, 0.15) is 11.9 Å². The van der Waals surface area contributed by atoms with E-state index in [4.69, 9.17) is 22.1 Å². The maximum atomic E-state index is 15.0. The van der Waals surface area contributed by atoms with Gasteiger partial charge in [0.05, 0.1) is 18.2 Å². The van der Waals surface area contributed by atoms with Crippen LogP contribution in [0.3, 0.4) is 0 Å². The molecule has 1 aromatic heterocycles. The molecule has 0 spiro atoms. The molecule has 5 rings (SSSR count). The number of anilines is 1. The van der Waals surface area contributed by atoms with E-state index in [1.165, 1.54) is 11.0 Å². The molecule has 9 heteroatoms. The zero-order valence-electron chi connectivity index (χ0n) is 22.4. The summed E-state index contributed by atoms with van der Waals surface area (Å²) in [6.07, 6.45) is 6.60. The van der Waals surface area contributed by atoms with Gasteiger partial charge < -0.3 is 20.7 Å². The van der Waals surface area contributed by atoms with Crippen LogP contribution in [0, 0.1) is 11.7 Å². The number of ether oxygens (including phenoxy) is 1. The number of pyridine rings is 1. The number of nitrogens with two attached hydrogens (primary N) is 1. The lowest BCUT2D eigenvalue weighted by atomic mass is 9.85. The number of carbonyl (C=O) groups is 2. The highest BCUT2D eigenvalue weighted by atomic mass is 35.5. The van der Waals surface area contributed by atoms with Crippen molar-refractivity contribution < 1.29 is 18.7 Å². The summed E-state index contributed by atoms with van der Waals surface area (Å²) in [5, 5.41) is 3.35. The number of nitrogens with zero attached hydrogens (tertiary/aromatic N) is 2. The third-order valence-electron chi connectivity index (χ3n) is 7.98. The standard InChI is InChI=1S/C31H34ClFN4O3/c1-40-24-16-29(37(18-24)30(38)14-19-2-7-23(32)8-3-19)31(39)36-28-15-22(6-9-26(28)33)25(17-27(34)21-4-5-21)20-10-12-35-13-11-20/h2-3,6-13,15,21,24-25,27,29H,4-5,14,16-18,34H2,1H3,(H,36,39)/t24-,25?,27+,29-/m1/s1. The molecule has 1 aliphatic carbocycles. The molecule has 210 valence electrons. The van der Waals surface area contributed by atoms with E-state index in [1.54, 1.807) is 55.9 Å². The summed E-state index contributed by atoms with van der Waals surface area (Å²) >= 11 is 5.97. The summed E-state index contributed by atoms with van der Waals surface area (Å²) in [5.41, 5.74) is 9.26. The number of rotatable bonds is 10. The topological polar surface area (TPSA) is 97.5 Å². The lowest BCUT2D eigenvalue weighted by molar-refractivity contribution is -0.136. The SMILES string of the molecule is CO[C@@H]1C[C@H](C(=O)Nc2cc(C(C[C@H](N)C3CC3)c3ccncc3)ccc2F)N(C(=O)Cc2ccc(Cl)cc2)C1. The van der Waals surface area contributed by atoms with Gasteiger partial charge in [-0.05, 0) is 78.3 Å². The second-order valence-electron chi connectivity index (χ2n) is 10.8. The van der Waals surface area contributed by atoms with Crippen molar-refractivity contribution in [2.24, 2.45) is 11.7 Å². The van der Waals surface area contributed by atoms with Gasteiger partial charge in [-0.1, -0.05) is 29.8 Å². The van der Waals surface area contributed by atoms with Crippen LogP contribution in [0.5, 0.6) is 0 Å². The molecule has 1 saturated carbocycles. The van der Waals surface area contributed by atoms with Gasteiger partial charge in [-0.2, -0.15) is 0 Å². The number of nitrogens with one attached hydrogen (secondary N) is 1. The van der Waals surface area contributed by atoms with Crippen molar-refractivity contribution in [3.05, 3.63) is 94.5 Å². The summed E-state index contributed by atoms with van der Waals surface area (Å²) < 4.78 is 20.5. The Hall–Kier alpha value is -3.33. The average Bonchev–Trinajstić information content (AvgIpc) is 3.72. The number of carbonyl (C=O) groups excluding carboxylic acids is 2. The number of halogens is 2. The Morgan fingerprint density at radius 1 is 1.12 bits per heavy atom. The Kier molecular flexibility index (Phi) is 8.78. The lowest BCUT2D eigenvalue weighted by Gasteiger charge is -2.25. The van der Waals surface area contributed by atoms with E-state index in [0.717, 1.165) is 29.5 Å². The van der Waals surface area contributed by atoms with Gasteiger partial charge in [0.25, 0.3) is 0 Å². The van der Waals surface area contributed by atoms with E-state index in [0.29, 0.717) is 23.8 Å². The molecule has 3 aromatic rings. The Morgan fingerprint density at radius 3 is 2.52 bits per heavy atom. The molecule has 1 saturated heterocycles. The minimum Gasteiger partial charge on any atom is -0.380 e. The van der Waals surface area contributed by atoms with Gasteiger partial charge in [0, 0.05) is 49.5 Å². The second kappa shape index (κ2) is 12.5. The smallest absolute Gasteiger partial charge is 0.247 e. The highest BCUT2D eigenvalue weighted by Gasteiger charge is 2.40. The van der Waals surface area contributed by atoms with Crippen LogP contribution in [0.15, 0.2) is 67.0 Å². The van der Waals surface area contributed by atoms with Crippen molar-refractivity contribution in [3.63, 3.8) is 0 Å². The molecule has 7 nitrogen and oxygen atoms in total. The number of aromatic nitrogens is 1. The molecule has 2 aliphatic rings. The number of benzene rings is 2. The van der Waals surface area contributed by atoms with Crippen molar-refractivity contribution in [2.75, 3.05) is 19.0 Å². The zero-order valence-corrected chi connectivity index (χ0v) is 23.2. The molecule has 0 radical (unpaired) electrons. The zero-order chi connectivity index (χ0) is 28.2. The van der Waals surface area contributed by atoms with Crippen molar-refractivity contribution in [3.8, 4) is 0 Å². The van der Waals surface area contributed by atoms with E-state index < -0.39 is 17.8 Å². The quantitative estimate of drug-likeness (QED) is 0.364. The number of amides is 2. The van der Waals surface area contributed by atoms with E-state index in [1.807, 2.05) is 12.1 Å². The molecule has 1 aliphatic heterocycles. The molecule has 3 N–H and O–H groups in total. The first-order chi connectivity index (χ1) is 19.3. The van der Waals surface area contributed by atoms with E-state index in [9.17, 15) is 9.59 Å². The van der Waals surface area contributed by atoms with Crippen LogP contribution in [0.2, 0.25) is 5.02 Å².